The van der Waals surface area contributed by atoms with Gasteiger partial charge >= 0.3 is 0 Å². The zero-order valence-corrected chi connectivity index (χ0v) is 10.4. The molecule has 0 unspecified atom stereocenters. The minimum Gasteiger partial charge on any atom is -0.387 e. The van der Waals surface area contributed by atoms with E-state index in [0.29, 0.717) is 15.6 Å². The van der Waals surface area contributed by atoms with Gasteiger partial charge in [-0.15, -0.1) is 0 Å². The van der Waals surface area contributed by atoms with Gasteiger partial charge in [0.05, 0.1) is 6.10 Å². The van der Waals surface area contributed by atoms with Gasteiger partial charge in [0.2, 0.25) is 0 Å². The molecule has 2 atom stereocenters. The summed E-state index contributed by atoms with van der Waals surface area (Å²) in [5.74, 6) is 0. The fourth-order valence-electron chi connectivity index (χ4n) is 2.14. The average molecular weight is 260 g/mol. The molecular weight excluding hydrogens is 245 g/mol. The van der Waals surface area contributed by atoms with Gasteiger partial charge in [-0.05, 0) is 31.5 Å². The zero-order valence-electron chi connectivity index (χ0n) is 8.92. The molecule has 0 bridgehead atoms. The number of hydrogen-bond acceptors (Lipinski definition) is 2. The third-order valence-electron chi connectivity index (χ3n) is 3.03. The molecule has 88 valence electrons. The molecule has 0 amide bonds. The standard InChI is InChI=1S/C12H15Cl2NO/c13-8-4-3-5-9(14)11(8)12(16)10-6-1-2-7-15-10/h3-5,10,12,15-16H,1-2,6-7H2/t10-,12+/m1/s1. The van der Waals surface area contributed by atoms with Crippen molar-refractivity contribution in [3.8, 4) is 0 Å². The molecule has 0 aliphatic carbocycles. The summed E-state index contributed by atoms with van der Waals surface area (Å²) in [6.45, 7) is 0.948. The number of aliphatic hydroxyl groups excluding tert-OH is 1. The van der Waals surface area contributed by atoms with E-state index in [1.54, 1.807) is 18.2 Å². The van der Waals surface area contributed by atoms with Crippen molar-refractivity contribution in [2.45, 2.75) is 31.4 Å². The number of rotatable bonds is 2. The van der Waals surface area contributed by atoms with Gasteiger partial charge in [0.15, 0.2) is 0 Å². The van der Waals surface area contributed by atoms with Crippen LogP contribution in [0.1, 0.15) is 30.9 Å². The highest BCUT2D eigenvalue weighted by Gasteiger charge is 2.25. The van der Waals surface area contributed by atoms with Crippen molar-refractivity contribution in [3.05, 3.63) is 33.8 Å². The SMILES string of the molecule is O[C@H](c1c(Cl)cccc1Cl)[C@H]1CCCCN1. The molecule has 2 rings (SSSR count). The molecule has 1 aliphatic heterocycles. The van der Waals surface area contributed by atoms with Crippen molar-refractivity contribution < 1.29 is 5.11 Å². The van der Waals surface area contributed by atoms with Crippen LogP contribution in [0.15, 0.2) is 18.2 Å². The van der Waals surface area contributed by atoms with Crippen LogP contribution in [-0.2, 0) is 0 Å². The van der Waals surface area contributed by atoms with Crippen molar-refractivity contribution >= 4 is 23.2 Å². The first-order valence-corrected chi connectivity index (χ1v) is 6.31. The van der Waals surface area contributed by atoms with Crippen molar-refractivity contribution in [1.82, 2.24) is 5.32 Å². The molecule has 0 spiro atoms. The first-order chi connectivity index (χ1) is 7.70. The summed E-state index contributed by atoms with van der Waals surface area (Å²) in [6.07, 6.45) is 2.64. The maximum atomic E-state index is 10.3. The van der Waals surface area contributed by atoms with Gasteiger partial charge < -0.3 is 10.4 Å². The fraction of sp³-hybridized carbons (Fsp3) is 0.500. The summed E-state index contributed by atoms with van der Waals surface area (Å²) in [4.78, 5) is 0. The molecule has 2 N–H and O–H groups in total. The molecule has 4 heteroatoms. The van der Waals surface area contributed by atoms with E-state index in [4.69, 9.17) is 23.2 Å². The Hall–Kier alpha value is -0.280. The van der Waals surface area contributed by atoms with Crippen LogP contribution >= 0.6 is 23.2 Å². The lowest BCUT2D eigenvalue weighted by molar-refractivity contribution is 0.114. The Kier molecular flexibility index (Phi) is 4.09. The Morgan fingerprint density at radius 3 is 2.50 bits per heavy atom. The van der Waals surface area contributed by atoms with Gasteiger partial charge in [0.25, 0.3) is 0 Å². The van der Waals surface area contributed by atoms with Crippen LogP contribution in [0.3, 0.4) is 0 Å². The molecule has 1 fully saturated rings. The van der Waals surface area contributed by atoms with E-state index in [9.17, 15) is 5.11 Å². The Bertz CT molecular complexity index is 344. The van der Waals surface area contributed by atoms with E-state index < -0.39 is 6.10 Å². The van der Waals surface area contributed by atoms with Crippen molar-refractivity contribution in [2.75, 3.05) is 6.54 Å². The fourth-order valence-corrected chi connectivity index (χ4v) is 2.76. The summed E-state index contributed by atoms with van der Waals surface area (Å²) < 4.78 is 0. The van der Waals surface area contributed by atoms with E-state index in [-0.39, 0.29) is 6.04 Å². The lowest BCUT2D eigenvalue weighted by atomic mass is 9.95. The van der Waals surface area contributed by atoms with Crippen LogP contribution in [0.25, 0.3) is 0 Å². The molecule has 0 saturated carbocycles. The average Bonchev–Trinajstić information content (AvgIpc) is 2.30. The Labute approximate surface area is 106 Å². The summed E-state index contributed by atoms with van der Waals surface area (Å²) in [6, 6.07) is 5.37. The largest absolute Gasteiger partial charge is 0.387 e. The molecule has 1 saturated heterocycles. The Morgan fingerprint density at radius 2 is 1.94 bits per heavy atom. The van der Waals surface area contributed by atoms with Crippen LogP contribution < -0.4 is 5.32 Å². The Balaban J connectivity index is 2.22. The maximum absolute atomic E-state index is 10.3. The molecule has 1 aromatic carbocycles. The van der Waals surface area contributed by atoms with Gasteiger partial charge in [-0.2, -0.15) is 0 Å². The van der Waals surface area contributed by atoms with Gasteiger partial charge in [0.1, 0.15) is 0 Å². The minimum atomic E-state index is -0.624. The van der Waals surface area contributed by atoms with Crippen LogP contribution in [0.5, 0.6) is 0 Å². The monoisotopic (exact) mass is 259 g/mol. The second-order valence-corrected chi connectivity index (χ2v) is 4.95. The lowest BCUT2D eigenvalue weighted by Gasteiger charge is -2.29. The van der Waals surface area contributed by atoms with Gasteiger partial charge in [-0.3, -0.25) is 0 Å². The predicted molar refractivity (Wildman–Crippen MR) is 67.1 cm³/mol. The minimum absolute atomic E-state index is 0.0612. The third-order valence-corrected chi connectivity index (χ3v) is 3.68. The highest BCUT2D eigenvalue weighted by Crippen LogP contribution is 2.33. The van der Waals surface area contributed by atoms with Crippen molar-refractivity contribution in [1.29, 1.82) is 0 Å². The van der Waals surface area contributed by atoms with Gasteiger partial charge in [-0.1, -0.05) is 35.7 Å². The lowest BCUT2D eigenvalue weighted by Crippen LogP contribution is -2.39. The second kappa shape index (κ2) is 5.37. The summed E-state index contributed by atoms with van der Waals surface area (Å²) in [5, 5.41) is 14.6. The van der Waals surface area contributed by atoms with E-state index in [0.717, 1.165) is 19.4 Å². The first-order valence-electron chi connectivity index (χ1n) is 5.55. The quantitative estimate of drug-likeness (QED) is 0.856. The summed E-state index contributed by atoms with van der Waals surface area (Å²) in [5.41, 5.74) is 0.644. The first kappa shape index (κ1) is 12.2. The molecule has 1 aliphatic rings. The smallest absolute Gasteiger partial charge is 0.0971 e. The molecule has 1 heterocycles. The number of nitrogens with one attached hydrogen (secondary N) is 1. The molecule has 2 nitrogen and oxygen atoms in total. The highest BCUT2D eigenvalue weighted by atomic mass is 35.5. The third kappa shape index (κ3) is 2.51. The number of halogens is 2. The number of aliphatic hydroxyl groups is 1. The molecule has 0 radical (unpaired) electrons. The molecule has 0 aromatic heterocycles. The molecular formula is C12H15Cl2NO. The number of piperidine rings is 1. The zero-order chi connectivity index (χ0) is 11.5. The molecule has 1 aromatic rings. The normalized spacial score (nSPS) is 23.1. The van der Waals surface area contributed by atoms with E-state index in [1.807, 2.05) is 0 Å². The summed E-state index contributed by atoms with van der Waals surface area (Å²) >= 11 is 12.1. The topological polar surface area (TPSA) is 32.3 Å². The maximum Gasteiger partial charge on any atom is 0.0971 e. The van der Waals surface area contributed by atoms with Crippen LogP contribution in [-0.4, -0.2) is 17.7 Å². The van der Waals surface area contributed by atoms with Gasteiger partial charge in [-0.25, -0.2) is 0 Å². The van der Waals surface area contributed by atoms with E-state index >= 15 is 0 Å². The number of hydrogen-bond donors (Lipinski definition) is 2. The van der Waals surface area contributed by atoms with Crippen molar-refractivity contribution in [3.63, 3.8) is 0 Å². The van der Waals surface area contributed by atoms with E-state index in [1.165, 1.54) is 6.42 Å². The molecule has 16 heavy (non-hydrogen) atoms. The van der Waals surface area contributed by atoms with Crippen molar-refractivity contribution in [2.24, 2.45) is 0 Å². The number of benzene rings is 1. The van der Waals surface area contributed by atoms with Gasteiger partial charge in [0, 0.05) is 21.7 Å². The predicted octanol–water partition coefficient (Wildman–Crippen LogP) is 3.17. The summed E-state index contributed by atoms with van der Waals surface area (Å²) in [7, 11) is 0. The Morgan fingerprint density at radius 1 is 1.25 bits per heavy atom. The van der Waals surface area contributed by atoms with Crippen LogP contribution in [0, 0.1) is 0 Å². The van der Waals surface area contributed by atoms with Crippen LogP contribution in [0.2, 0.25) is 10.0 Å². The highest BCUT2D eigenvalue weighted by molar-refractivity contribution is 6.36. The second-order valence-electron chi connectivity index (χ2n) is 4.14. The van der Waals surface area contributed by atoms with Crippen LogP contribution in [0.4, 0.5) is 0 Å². The van der Waals surface area contributed by atoms with E-state index in [2.05, 4.69) is 5.32 Å².